The number of fused-ring (bicyclic) bond motifs is 1. The molecular formula is C11H15ClO4S2. The third-order valence-electron chi connectivity index (χ3n) is 2.43. The molecule has 1 aromatic rings. The lowest BCUT2D eigenvalue weighted by Crippen LogP contribution is -2.30. The van der Waals surface area contributed by atoms with Gasteiger partial charge in [0.1, 0.15) is 22.5 Å². The summed E-state index contributed by atoms with van der Waals surface area (Å²) < 4.78 is 33.2. The minimum absolute atomic E-state index is 0. The highest BCUT2D eigenvalue weighted by Gasteiger charge is 2.22. The Labute approximate surface area is 119 Å². The van der Waals surface area contributed by atoms with E-state index in [2.05, 4.69) is 0 Å². The van der Waals surface area contributed by atoms with Crippen molar-refractivity contribution in [2.45, 2.75) is 12.5 Å². The van der Waals surface area contributed by atoms with E-state index < -0.39 is 9.84 Å². The zero-order valence-electron chi connectivity index (χ0n) is 9.85. The second-order valence-electron chi connectivity index (χ2n) is 4.06. The van der Waals surface area contributed by atoms with Crippen LogP contribution in [0.4, 0.5) is 0 Å². The van der Waals surface area contributed by atoms with Crippen LogP contribution in [0.25, 0.3) is 0 Å². The van der Waals surface area contributed by atoms with Crippen molar-refractivity contribution in [3.8, 4) is 11.5 Å². The molecule has 0 N–H and O–H groups in total. The zero-order valence-corrected chi connectivity index (χ0v) is 12.4. The van der Waals surface area contributed by atoms with Gasteiger partial charge in [-0.15, -0.1) is 0 Å². The summed E-state index contributed by atoms with van der Waals surface area (Å²) in [4.78, 5) is 0. The third kappa shape index (κ3) is 4.26. The predicted molar refractivity (Wildman–Crippen MR) is 76.1 cm³/mol. The Balaban J connectivity index is 0.00000162. The van der Waals surface area contributed by atoms with E-state index in [1.807, 2.05) is 0 Å². The summed E-state index contributed by atoms with van der Waals surface area (Å²) in [5, 5.41) is 0.585. The fraction of sp³-hybridized carbons (Fsp3) is 0.455. The van der Waals surface area contributed by atoms with Crippen molar-refractivity contribution in [2.24, 2.45) is 0 Å². The van der Waals surface area contributed by atoms with E-state index in [1.165, 1.54) is 6.26 Å². The molecule has 1 aromatic carbocycles. The molecular weight excluding hydrogens is 296 g/mol. The number of sulfone groups is 1. The fourth-order valence-electron chi connectivity index (χ4n) is 1.58. The van der Waals surface area contributed by atoms with E-state index >= 15 is 0 Å². The van der Waals surface area contributed by atoms with Crippen molar-refractivity contribution in [2.75, 3.05) is 18.6 Å². The van der Waals surface area contributed by atoms with Gasteiger partial charge >= 0.3 is 0 Å². The molecule has 1 aliphatic rings. The SMILES string of the molecule is CS(=O)(=O)CC[C@H]1COc2cc(Cl)ccc2O1.S. The van der Waals surface area contributed by atoms with Gasteiger partial charge in [0.25, 0.3) is 0 Å². The highest BCUT2D eigenvalue weighted by molar-refractivity contribution is 7.90. The molecule has 2 rings (SSSR count). The molecule has 0 unspecified atom stereocenters. The van der Waals surface area contributed by atoms with Crippen molar-refractivity contribution in [3.63, 3.8) is 0 Å². The summed E-state index contributed by atoms with van der Waals surface area (Å²) in [5.74, 6) is 1.32. The maximum Gasteiger partial charge on any atom is 0.162 e. The van der Waals surface area contributed by atoms with Gasteiger partial charge in [0, 0.05) is 23.8 Å². The van der Waals surface area contributed by atoms with Gasteiger partial charge in [-0.1, -0.05) is 11.6 Å². The Morgan fingerprint density at radius 1 is 1.39 bits per heavy atom. The quantitative estimate of drug-likeness (QED) is 0.857. The molecule has 1 atom stereocenters. The van der Waals surface area contributed by atoms with Gasteiger partial charge in [0.2, 0.25) is 0 Å². The summed E-state index contributed by atoms with van der Waals surface area (Å²) in [6, 6.07) is 5.12. The highest BCUT2D eigenvalue weighted by Crippen LogP contribution is 2.34. The Bertz CT molecular complexity index is 516. The summed E-state index contributed by atoms with van der Waals surface area (Å²) in [6.07, 6.45) is 1.42. The van der Waals surface area contributed by atoms with Crippen molar-refractivity contribution >= 4 is 34.9 Å². The van der Waals surface area contributed by atoms with Crippen molar-refractivity contribution in [1.82, 2.24) is 0 Å². The molecule has 0 saturated carbocycles. The Morgan fingerprint density at radius 2 is 2.11 bits per heavy atom. The van der Waals surface area contributed by atoms with Crippen molar-refractivity contribution < 1.29 is 17.9 Å². The predicted octanol–water partition coefficient (Wildman–Crippen LogP) is 2.03. The Hall–Kier alpha value is -0.590. The van der Waals surface area contributed by atoms with E-state index in [0.717, 1.165) is 0 Å². The minimum Gasteiger partial charge on any atom is -0.486 e. The molecule has 0 aromatic heterocycles. The van der Waals surface area contributed by atoms with Gasteiger partial charge in [0.15, 0.2) is 11.5 Å². The van der Waals surface area contributed by atoms with E-state index in [-0.39, 0.29) is 25.4 Å². The lowest BCUT2D eigenvalue weighted by Gasteiger charge is -2.26. The second-order valence-corrected chi connectivity index (χ2v) is 6.76. The second kappa shape index (κ2) is 6.04. The van der Waals surface area contributed by atoms with E-state index in [4.69, 9.17) is 21.1 Å². The standard InChI is InChI=1S/C11H13ClO4S.H2S/c1-17(13,14)5-4-9-7-15-11-6-8(12)2-3-10(11)16-9;/h2-3,6,9H,4-5,7H2,1H3;1H2/t9-;/m0./s1. The number of rotatable bonds is 3. The molecule has 0 aliphatic carbocycles. The van der Waals surface area contributed by atoms with Gasteiger partial charge < -0.3 is 9.47 Å². The fourth-order valence-corrected chi connectivity index (χ4v) is 2.43. The summed E-state index contributed by atoms with van der Waals surface area (Å²) >= 11 is 5.82. The molecule has 7 heteroatoms. The van der Waals surface area contributed by atoms with E-state index in [0.29, 0.717) is 29.5 Å². The highest BCUT2D eigenvalue weighted by atomic mass is 35.5. The number of hydrogen-bond acceptors (Lipinski definition) is 4. The summed E-state index contributed by atoms with van der Waals surface area (Å²) in [7, 11) is -2.96. The maximum atomic E-state index is 11.1. The molecule has 0 fully saturated rings. The van der Waals surface area contributed by atoms with Crippen LogP contribution in [0.2, 0.25) is 5.02 Å². The molecule has 18 heavy (non-hydrogen) atoms. The van der Waals surface area contributed by atoms with Crippen molar-refractivity contribution in [1.29, 1.82) is 0 Å². The van der Waals surface area contributed by atoms with E-state index in [9.17, 15) is 8.42 Å². The van der Waals surface area contributed by atoms with Crippen LogP contribution in [-0.2, 0) is 9.84 Å². The average molecular weight is 311 g/mol. The lowest BCUT2D eigenvalue weighted by molar-refractivity contribution is 0.0890. The lowest BCUT2D eigenvalue weighted by atomic mass is 10.2. The topological polar surface area (TPSA) is 52.6 Å². The molecule has 0 spiro atoms. The average Bonchev–Trinajstić information content (AvgIpc) is 2.25. The van der Waals surface area contributed by atoms with Gasteiger partial charge in [-0.3, -0.25) is 0 Å². The normalized spacial score (nSPS) is 18.0. The Kier molecular flexibility index (Phi) is 5.19. The monoisotopic (exact) mass is 310 g/mol. The summed E-state index contributed by atoms with van der Waals surface area (Å²) in [6.45, 7) is 0.350. The van der Waals surface area contributed by atoms with Crippen LogP contribution in [0.3, 0.4) is 0 Å². The van der Waals surface area contributed by atoms with Gasteiger partial charge in [-0.2, -0.15) is 13.5 Å². The summed E-state index contributed by atoms with van der Waals surface area (Å²) in [5.41, 5.74) is 0. The number of hydrogen-bond donors (Lipinski definition) is 0. The van der Waals surface area contributed by atoms with Crippen LogP contribution in [0.1, 0.15) is 6.42 Å². The smallest absolute Gasteiger partial charge is 0.162 e. The maximum absolute atomic E-state index is 11.1. The minimum atomic E-state index is -2.96. The molecule has 0 bridgehead atoms. The molecule has 1 aliphatic heterocycles. The van der Waals surface area contributed by atoms with Crippen LogP contribution in [0.5, 0.6) is 11.5 Å². The van der Waals surface area contributed by atoms with Gasteiger partial charge in [-0.05, 0) is 12.1 Å². The largest absolute Gasteiger partial charge is 0.486 e. The number of halogens is 1. The van der Waals surface area contributed by atoms with E-state index in [1.54, 1.807) is 18.2 Å². The Morgan fingerprint density at radius 3 is 2.78 bits per heavy atom. The first-order valence-corrected chi connectivity index (χ1v) is 7.64. The number of benzene rings is 1. The third-order valence-corrected chi connectivity index (χ3v) is 3.65. The van der Waals surface area contributed by atoms with Crippen LogP contribution in [-0.4, -0.2) is 33.1 Å². The molecule has 0 saturated heterocycles. The number of ether oxygens (including phenoxy) is 2. The molecule has 0 radical (unpaired) electrons. The van der Waals surface area contributed by atoms with Crippen LogP contribution < -0.4 is 9.47 Å². The molecule has 1 heterocycles. The first-order chi connectivity index (χ1) is 7.94. The zero-order chi connectivity index (χ0) is 12.5. The van der Waals surface area contributed by atoms with Gasteiger partial charge in [0.05, 0.1) is 5.75 Å². The van der Waals surface area contributed by atoms with Crippen LogP contribution in [0, 0.1) is 0 Å². The molecule has 0 amide bonds. The van der Waals surface area contributed by atoms with Gasteiger partial charge in [-0.25, -0.2) is 8.42 Å². The molecule has 102 valence electrons. The van der Waals surface area contributed by atoms with Crippen molar-refractivity contribution in [3.05, 3.63) is 23.2 Å². The first kappa shape index (κ1) is 15.5. The molecule has 4 nitrogen and oxygen atoms in total. The van der Waals surface area contributed by atoms with Crippen LogP contribution >= 0.6 is 25.1 Å². The first-order valence-electron chi connectivity index (χ1n) is 5.21. The van der Waals surface area contributed by atoms with Crippen LogP contribution in [0.15, 0.2) is 18.2 Å².